The number of nitrogens with zero attached hydrogens (tertiary/aromatic N) is 2. The van der Waals surface area contributed by atoms with Crippen LogP contribution in [0.5, 0.6) is 0 Å². The number of halogens is 3. The van der Waals surface area contributed by atoms with Gasteiger partial charge in [0.25, 0.3) is 0 Å². The molecule has 0 aliphatic heterocycles. The van der Waals surface area contributed by atoms with E-state index in [1.54, 1.807) is 18.3 Å². The fourth-order valence-electron chi connectivity index (χ4n) is 2.02. The molecule has 0 saturated carbocycles. The van der Waals surface area contributed by atoms with Crippen molar-refractivity contribution in [1.82, 2.24) is 15.0 Å². The Morgan fingerprint density at radius 3 is 2.58 bits per heavy atom. The van der Waals surface area contributed by atoms with Crippen LogP contribution in [-0.4, -0.2) is 15.0 Å². The number of rotatable bonds is 1. The highest BCUT2D eigenvalue weighted by Gasteiger charge is 2.34. The first-order chi connectivity index (χ1) is 9.07. The van der Waals surface area contributed by atoms with Crippen molar-refractivity contribution in [2.24, 2.45) is 0 Å². The fraction of sp³-hybridized carbons (Fsp3) is 0.0769. The number of H-pyrrole nitrogens is 1. The highest BCUT2D eigenvalue weighted by Crippen LogP contribution is 2.37. The summed E-state index contributed by atoms with van der Waals surface area (Å²) in [5.74, 6) is 0. The molecule has 1 N–H and O–H groups in total. The highest BCUT2D eigenvalue weighted by atomic mass is 19.4. The SMILES string of the molecule is FC(F)(F)c1ccccc1-c1ncnc2[nH]ccc12. The second-order valence-corrected chi connectivity index (χ2v) is 4.01. The molecule has 0 radical (unpaired) electrons. The lowest BCUT2D eigenvalue weighted by molar-refractivity contribution is -0.137. The summed E-state index contributed by atoms with van der Waals surface area (Å²) in [5, 5.41) is 0.569. The molecule has 2 heterocycles. The second-order valence-electron chi connectivity index (χ2n) is 4.01. The van der Waals surface area contributed by atoms with Gasteiger partial charge in [0.05, 0.1) is 11.3 Å². The molecule has 0 aliphatic rings. The molecule has 0 saturated heterocycles. The maximum Gasteiger partial charge on any atom is 0.417 e. The Balaban J connectivity index is 2.31. The normalized spacial score (nSPS) is 11.9. The Labute approximate surface area is 106 Å². The molecule has 6 heteroatoms. The van der Waals surface area contributed by atoms with Gasteiger partial charge in [-0.2, -0.15) is 13.2 Å². The van der Waals surface area contributed by atoms with Gasteiger partial charge in [-0.3, -0.25) is 0 Å². The molecular formula is C13H8F3N3. The van der Waals surface area contributed by atoms with Crippen molar-refractivity contribution in [3.63, 3.8) is 0 Å². The third kappa shape index (κ3) is 1.95. The molecule has 0 spiro atoms. The third-order valence-electron chi connectivity index (χ3n) is 2.84. The van der Waals surface area contributed by atoms with E-state index in [-0.39, 0.29) is 11.3 Å². The first-order valence-corrected chi connectivity index (χ1v) is 5.52. The van der Waals surface area contributed by atoms with Crippen molar-refractivity contribution in [2.45, 2.75) is 6.18 Å². The van der Waals surface area contributed by atoms with Crippen molar-refractivity contribution in [1.29, 1.82) is 0 Å². The van der Waals surface area contributed by atoms with E-state index >= 15 is 0 Å². The number of nitrogens with one attached hydrogen (secondary N) is 1. The minimum atomic E-state index is -4.41. The maximum atomic E-state index is 13.0. The van der Waals surface area contributed by atoms with E-state index in [1.165, 1.54) is 18.5 Å². The van der Waals surface area contributed by atoms with Crippen LogP contribution in [0.2, 0.25) is 0 Å². The maximum absolute atomic E-state index is 13.0. The van der Waals surface area contributed by atoms with E-state index in [9.17, 15) is 13.2 Å². The Hall–Kier alpha value is -2.37. The van der Waals surface area contributed by atoms with Crippen molar-refractivity contribution in [3.8, 4) is 11.3 Å². The first kappa shape index (κ1) is 11.7. The summed E-state index contributed by atoms with van der Waals surface area (Å²) in [6.45, 7) is 0. The summed E-state index contributed by atoms with van der Waals surface area (Å²) in [4.78, 5) is 10.8. The van der Waals surface area contributed by atoms with Crippen molar-refractivity contribution in [2.75, 3.05) is 0 Å². The van der Waals surface area contributed by atoms with E-state index in [1.807, 2.05) is 0 Å². The summed E-state index contributed by atoms with van der Waals surface area (Å²) in [6, 6.07) is 7.05. The van der Waals surface area contributed by atoms with Crippen LogP contribution in [0, 0.1) is 0 Å². The molecule has 19 heavy (non-hydrogen) atoms. The Morgan fingerprint density at radius 1 is 1.00 bits per heavy atom. The molecule has 3 nitrogen and oxygen atoms in total. The van der Waals surface area contributed by atoms with Crippen LogP contribution < -0.4 is 0 Å². The number of hydrogen-bond donors (Lipinski definition) is 1. The smallest absolute Gasteiger partial charge is 0.346 e. The van der Waals surface area contributed by atoms with Gasteiger partial charge in [0.2, 0.25) is 0 Å². The predicted octanol–water partition coefficient (Wildman–Crippen LogP) is 3.64. The van der Waals surface area contributed by atoms with E-state index in [4.69, 9.17) is 0 Å². The Morgan fingerprint density at radius 2 is 1.79 bits per heavy atom. The van der Waals surface area contributed by atoms with E-state index in [2.05, 4.69) is 15.0 Å². The molecule has 3 aromatic rings. The average molecular weight is 263 g/mol. The van der Waals surface area contributed by atoms with Gasteiger partial charge in [0.1, 0.15) is 12.0 Å². The van der Waals surface area contributed by atoms with Crippen molar-refractivity contribution >= 4 is 11.0 Å². The van der Waals surface area contributed by atoms with Crippen LogP contribution in [0.1, 0.15) is 5.56 Å². The van der Waals surface area contributed by atoms with Crippen LogP contribution in [0.25, 0.3) is 22.3 Å². The van der Waals surface area contributed by atoms with Gasteiger partial charge < -0.3 is 4.98 Å². The zero-order valence-electron chi connectivity index (χ0n) is 9.57. The molecule has 0 unspecified atom stereocenters. The monoisotopic (exact) mass is 263 g/mol. The van der Waals surface area contributed by atoms with Gasteiger partial charge in [0, 0.05) is 17.1 Å². The topological polar surface area (TPSA) is 41.6 Å². The quantitative estimate of drug-likeness (QED) is 0.728. The summed E-state index contributed by atoms with van der Waals surface area (Å²) >= 11 is 0. The number of aromatic amines is 1. The molecule has 2 aromatic heterocycles. The molecule has 96 valence electrons. The number of aromatic nitrogens is 3. The predicted molar refractivity (Wildman–Crippen MR) is 64.3 cm³/mol. The summed E-state index contributed by atoms with van der Waals surface area (Å²) in [5.41, 5.74) is 0.152. The molecule has 0 atom stereocenters. The number of fused-ring (bicyclic) bond motifs is 1. The third-order valence-corrected chi connectivity index (χ3v) is 2.84. The van der Waals surface area contributed by atoms with Crippen LogP contribution in [-0.2, 0) is 6.18 Å². The Kier molecular flexibility index (Phi) is 2.51. The fourth-order valence-corrected chi connectivity index (χ4v) is 2.02. The van der Waals surface area contributed by atoms with Crippen LogP contribution in [0.4, 0.5) is 13.2 Å². The van der Waals surface area contributed by atoms with Crippen molar-refractivity contribution < 1.29 is 13.2 Å². The molecule has 1 aromatic carbocycles. The van der Waals surface area contributed by atoms with Gasteiger partial charge in [-0.25, -0.2) is 9.97 Å². The van der Waals surface area contributed by atoms with Gasteiger partial charge in [-0.15, -0.1) is 0 Å². The molecule has 3 rings (SSSR count). The zero-order chi connectivity index (χ0) is 13.5. The highest BCUT2D eigenvalue weighted by molar-refractivity contribution is 5.91. The standard InChI is InChI=1S/C13H8F3N3/c14-13(15,16)10-4-2-1-3-8(10)11-9-5-6-17-12(9)19-7-18-11/h1-7H,(H,17,18,19). The molecule has 0 bridgehead atoms. The van der Waals surface area contributed by atoms with Gasteiger partial charge in [-0.1, -0.05) is 18.2 Å². The van der Waals surface area contributed by atoms with Gasteiger partial charge in [-0.05, 0) is 12.1 Å². The van der Waals surface area contributed by atoms with Crippen LogP contribution >= 0.6 is 0 Å². The number of benzene rings is 1. The zero-order valence-corrected chi connectivity index (χ0v) is 9.57. The van der Waals surface area contributed by atoms with E-state index in [0.717, 1.165) is 6.07 Å². The van der Waals surface area contributed by atoms with Gasteiger partial charge in [0.15, 0.2) is 0 Å². The summed E-state index contributed by atoms with van der Waals surface area (Å²) < 4.78 is 39.0. The molecular weight excluding hydrogens is 255 g/mol. The van der Waals surface area contributed by atoms with Crippen LogP contribution in [0.3, 0.4) is 0 Å². The number of hydrogen-bond acceptors (Lipinski definition) is 2. The van der Waals surface area contributed by atoms with Crippen LogP contribution in [0.15, 0.2) is 42.9 Å². The lowest BCUT2D eigenvalue weighted by Crippen LogP contribution is -2.07. The van der Waals surface area contributed by atoms with Gasteiger partial charge >= 0.3 is 6.18 Å². The van der Waals surface area contributed by atoms with E-state index in [0.29, 0.717) is 11.0 Å². The minimum absolute atomic E-state index is 0.0574. The molecule has 0 amide bonds. The lowest BCUT2D eigenvalue weighted by Gasteiger charge is -2.12. The summed E-state index contributed by atoms with van der Waals surface area (Å²) in [7, 11) is 0. The summed E-state index contributed by atoms with van der Waals surface area (Å²) in [6.07, 6.45) is -1.54. The van der Waals surface area contributed by atoms with E-state index < -0.39 is 11.7 Å². The Bertz CT molecular complexity index is 731. The average Bonchev–Trinajstić information content (AvgIpc) is 2.85. The van der Waals surface area contributed by atoms with Crippen molar-refractivity contribution in [3.05, 3.63) is 48.4 Å². The minimum Gasteiger partial charge on any atom is -0.346 e. The molecule has 0 fully saturated rings. The largest absolute Gasteiger partial charge is 0.417 e. The lowest BCUT2D eigenvalue weighted by atomic mass is 10.0. The second kappa shape index (κ2) is 4.08. The molecule has 0 aliphatic carbocycles. The number of alkyl halides is 3. The first-order valence-electron chi connectivity index (χ1n) is 5.52.